The Morgan fingerprint density at radius 2 is 1.96 bits per heavy atom. The van der Waals surface area contributed by atoms with Gasteiger partial charge in [-0.25, -0.2) is 0 Å². The van der Waals surface area contributed by atoms with Crippen molar-refractivity contribution in [3.63, 3.8) is 0 Å². The zero-order valence-corrected chi connectivity index (χ0v) is 15.2. The van der Waals surface area contributed by atoms with Crippen LogP contribution < -0.4 is 10.6 Å². The molecule has 2 aromatic rings. The number of benzene rings is 2. The maximum Gasteiger partial charge on any atom is 0.220 e. The first-order chi connectivity index (χ1) is 12.8. The van der Waals surface area contributed by atoms with Gasteiger partial charge in [-0.2, -0.15) is 0 Å². The lowest BCUT2D eigenvalue weighted by atomic mass is 10.00. The molecule has 3 nitrogen and oxygen atoms in total. The largest absolute Gasteiger partial charge is 0.352 e. The Labute approximate surface area is 155 Å². The van der Waals surface area contributed by atoms with Crippen LogP contribution in [0.1, 0.15) is 36.0 Å². The highest BCUT2D eigenvalue weighted by molar-refractivity contribution is 5.77. The molecular formula is C23H26N2O. The van der Waals surface area contributed by atoms with Crippen molar-refractivity contribution < 1.29 is 4.79 Å². The van der Waals surface area contributed by atoms with E-state index in [0.29, 0.717) is 13.0 Å². The maximum absolute atomic E-state index is 12.1. The third-order valence-electron chi connectivity index (χ3n) is 5.40. The summed E-state index contributed by atoms with van der Waals surface area (Å²) in [4.78, 5) is 12.1. The molecule has 0 aromatic heterocycles. The summed E-state index contributed by atoms with van der Waals surface area (Å²) < 4.78 is 0. The van der Waals surface area contributed by atoms with Crippen molar-refractivity contribution in [1.29, 1.82) is 0 Å². The third-order valence-corrected chi connectivity index (χ3v) is 5.40. The lowest BCUT2D eigenvalue weighted by Crippen LogP contribution is -2.29. The highest BCUT2D eigenvalue weighted by atomic mass is 16.1. The number of carbonyl (C=O) groups excluding carboxylic acids is 1. The average molecular weight is 346 g/mol. The van der Waals surface area contributed by atoms with Gasteiger partial charge in [0.2, 0.25) is 5.91 Å². The summed E-state index contributed by atoms with van der Waals surface area (Å²) in [6, 6.07) is 15.5. The number of hydrogen-bond acceptors (Lipinski definition) is 2. The molecule has 2 aliphatic rings. The zero-order valence-electron chi connectivity index (χ0n) is 15.2. The summed E-state index contributed by atoms with van der Waals surface area (Å²) >= 11 is 0. The molecule has 2 aromatic carbocycles. The summed E-state index contributed by atoms with van der Waals surface area (Å²) in [5.41, 5.74) is 8.26. The van der Waals surface area contributed by atoms with E-state index in [0.717, 1.165) is 38.8 Å². The van der Waals surface area contributed by atoms with E-state index in [-0.39, 0.29) is 5.91 Å². The molecule has 0 bridgehead atoms. The molecule has 4 rings (SSSR count). The first kappa shape index (κ1) is 17.0. The Hall–Kier alpha value is -2.39. The van der Waals surface area contributed by atoms with E-state index in [1.807, 2.05) is 0 Å². The van der Waals surface area contributed by atoms with Crippen LogP contribution in [0, 0.1) is 0 Å². The smallest absolute Gasteiger partial charge is 0.220 e. The van der Waals surface area contributed by atoms with Crippen LogP contribution in [0.4, 0.5) is 0 Å². The second kappa shape index (κ2) is 7.88. The fourth-order valence-electron chi connectivity index (χ4n) is 3.91. The van der Waals surface area contributed by atoms with Crippen LogP contribution in [0.5, 0.6) is 0 Å². The molecule has 1 aliphatic carbocycles. The molecule has 1 aliphatic heterocycles. The molecule has 0 fully saturated rings. The molecule has 0 radical (unpaired) electrons. The van der Waals surface area contributed by atoms with Gasteiger partial charge in [0.25, 0.3) is 0 Å². The van der Waals surface area contributed by atoms with Gasteiger partial charge in [-0.3, -0.25) is 4.79 Å². The summed E-state index contributed by atoms with van der Waals surface area (Å²) in [5.74, 6) is 0.163. The van der Waals surface area contributed by atoms with Crippen LogP contribution in [0.2, 0.25) is 0 Å². The first-order valence-electron chi connectivity index (χ1n) is 9.65. The number of fused-ring (bicyclic) bond motifs is 3. The van der Waals surface area contributed by atoms with E-state index in [1.54, 1.807) is 0 Å². The van der Waals surface area contributed by atoms with E-state index in [2.05, 4.69) is 59.2 Å². The van der Waals surface area contributed by atoms with E-state index >= 15 is 0 Å². The summed E-state index contributed by atoms with van der Waals surface area (Å²) in [6.07, 6.45) is 6.71. The summed E-state index contributed by atoms with van der Waals surface area (Å²) in [6.45, 7) is 2.64. The van der Waals surface area contributed by atoms with E-state index in [9.17, 15) is 4.79 Å². The van der Waals surface area contributed by atoms with Gasteiger partial charge < -0.3 is 10.6 Å². The number of aryl methyl sites for hydroxylation is 1. The van der Waals surface area contributed by atoms with E-state index in [1.165, 1.54) is 33.4 Å². The number of carbonyl (C=O) groups is 1. The van der Waals surface area contributed by atoms with Crippen molar-refractivity contribution in [3.05, 3.63) is 70.8 Å². The SMILES string of the molecule is O=C(CCCc1ccc2c(c1)-c1ccccc1C2)NCC1=CCNCC1. The van der Waals surface area contributed by atoms with Gasteiger partial charge >= 0.3 is 0 Å². The second-order valence-electron chi connectivity index (χ2n) is 7.27. The van der Waals surface area contributed by atoms with Crippen LogP contribution >= 0.6 is 0 Å². The maximum atomic E-state index is 12.1. The zero-order chi connectivity index (χ0) is 17.8. The van der Waals surface area contributed by atoms with Gasteiger partial charge in [-0.15, -0.1) is 0 Å². The van der Waals surface area contributed by atoms with E-state index < -0.39 is 0 Å². The minimum absolute atomic E-state index is 0.163. The van der Waals surface area contributed by atoms with Crippen molar-refractivity contribution in [2.45, 2.75) is 32.1 Å². The molecular weight excluding hydrogens is 320 g/mol. The molecule has 0 saturated carbocycles. The predicted octanol–water partition coefficient (Wildman–Crippen LogP) is 3.62. The Morgan fingerprint density at radius 1 is 1.08 bits per heavy atom. The van der Waals surface area contributed by atoms with Crippen molar-refractivity contribution in [3.8, 4) is 11.1 Å². The number of amides is 1. The quantitative estimate of drug-likeness (QED) is 0.670. The third kappa shape index (κ3) is 3.88. The number of rotatable bonds is 6. The second-order valence-corrected chi connectivity index (χ2v) is 7.27. The fraction of sp³-hybridized carbons (Fsp3) is 0.348. The van der Waals surface area contributed by atoms with Crippen LogP contribution in [0.3, 0.4) is 0 Å². The first-order valence-corrected chi connectivity index (χ1v) is 9.65. The monoisotopic (exact) mass is 346 g/mol. The Bertz CT molecular complexity index is 838. The fourth-order valence-corrected chi connectivity index (χ4v) is 3.91. The molecule has 0 atom stereocenters. The summed E-state index contributed by atoms with van der Waals surface area (Å²) in [7, 11) is 0. The predicted molar refractivity (Wildman–Crippen MR) is 106 cm³/mol. The Balaban J connectivity index is 1.28. The minimum atomic E-state index is 0.163. The number of hydrogen-bond donors (Lipinski definition) is 2. The van der Waals surface area contributed by atoms with Crippen LogP contribution in [-0.4, -0.2) is 25.5 Å². The van der Waals surface area contributed by atoms with Gasteiger partial charge in [0, 0.05) is 19.5 Å². The van der Waals surface area contributed by atoms with Crippen molar-refractivity contribution in [2.75, 3.05) is 19.6 Å². The lowest BCUT2D eigenvalue weighted by Gasteiger charge is -2.14. The van der Waals surface area contributed by atoms with Gasteiger partial charge in [0.1, 0.15) is 0 Å². The van der Waals surface area contributed by atoms with Crippen LogP contribution in [0.25, 0.3) is 11.1 Å². The van der Waals surface area contributed by atoms with Crippen molar-refractivity contribution in [2.24, 2.45) is 0 Å². The van der Waals surface area contributed by atoms with E-state index in [4.69, 9.17) is 0 Å². The van der Waals surface area contributed by atoms with Crippen LogP contribution in [-0.2, 0) is 17.6 Å². The van der Waals surface area contributed by atoms with Gasteiger partial charge in [-0.1, -0.05) is 54.1 Å². The highest BCUT2D eigenvalue weighted by Crippen LogP contribution is 2.36. The lowest BCUT2D eigenvalue weighted by molar-refractivity contribution is -0.121. The molecule has 0 spiro atoms. The molecule has 26 heavy (non-hydrogen) atoms. The van der Waals surface area contributed by atoms with Crippen molar-refractivity contribution in [1.82, 2.24) is 10.6 Å². The minimum Gasteiger partial charge on any atom is -0.352 e. The molecule has 1 amide bonds. The highest BCUT2D eigenvalue weighted by Gasteiger charge is 2.17. The molecule has 0 unspecified atom stereocenters. The standard InChI is InChI=1S/C23H26N2O/c26-23(25-16-18-10-12-24-13-11-18)7-3-4-17-8-9-20-15-19-5-1-2-6-21(19)22(20)14-17/h1-2,5-6,8-10,14,24H,3-4,7,11-13,15-16H2,(H,25,26). The topological polar surface area (TPSA) is 41.1 Å². The molecule has 3 heteroatoms. The van der Waals surface area contributed by atoms with Gasteiger partial charge in [0.05, 0.1) is 0 Å². The molecule has 134 valence electrons. The Morgan fingerprint density at radius 3 is 2.85 bits per heavy atom. The number of nitrogens with one attached hydrogen (secondary N) is 2. The summed E-state index contributed by atoms with van der Waals surface area (Å²) in [5, 5.41) is 6.35. The van der Waals surface area contributed by atoms with Crippen molar-refractivity contribution >= 4 is 5.91 Å². The van der Waals surface area contributed by atoms with Gasteiger partial charge in [-0.05, 0) is 60.0 Å². The van der Waals surface area contributed by atoms with Crippen LogP contribution in [0.15, 0.2) is 54.1 Å². The average Bonchev–Trinajstić information content (AvgIpc) is 3.05. The Kier molecular flexibility index (Phi) is 5.16. The van der Waals surface area contributed by atoms with Gasteiger partial charge in [0.15, 0.2) is 0 Å². The normalized spacial score (nSPS) is 15.2. The molecule has 1 heterocycles. The molecule has 2 N–H and O–H groups in total. The molecule has 0 saturated heterocycles.